The van der Waals surface area contributed by atoms with Crippen molar-refractivity contribution in [1.29, 1.82) is 0 Å². The van der Waals surface area contributed by atoms with E-state index < -0.39 is 20.0 Å². The highest BCUT2D eigenvalue weighted by atomic mass is 35.5. The number of sulfonamides is 2. The Bertz CT molecular complexity index is 1020. The molecular weight excluding hydrogens is 470 g/mol. The molecule has 0 bridgehead atoms. The van der Waals surface area contributed by atoms with Crippen molar-refractivity contribution in [2.24, 2.45) is 0 Å². The van der Waals surface area contributed by atoms with Crippen LogP contribution in [-0.4, -0.2) is 82.0 Å². The van der Waals surface area contributed by atoms with Gasteiger partial charge in [-0.15, -0.1) is 11.6 Å². The Morgan fingerprint density at radius 3 is 1.34 bits per heavy atom. The van der Waals surface area contributed by atoms with Gasteiger partial charge in [0.15, 0.2) is 0 Å². The molecule has 1 heterocycles. The van der Waals surface area contributed by atoms with Gasteiger partial charge >= 0.3 is 0 Å². The van der Waals surface area contributed by atoms with E-state index in [1.807, 2.05) is 18.7 Å². The number of hydrogen-bond acceptors (Lipinski definition) is 5. The van der Waals surface area contributed by atoms with Gasteiger partial charge in [0.2, 0.25) is 20.0 Å². The highest BCUT2D eigenvalue weighted by molar-refractivity contribution is 7.89. The van der Waals surface area contributed by atoms with Crippen LogP contribution in [0, 0.1) is 13.8 Å². The maximum Gasteiger partial charge on any atom is 0.243 e. The molecule has 32 heavy (non-hydrogen) atoms. The second-order valence-corrected chi connectivity index (χ2v) is 12.2. The lowest BCUT2D eigenvalue weighted by Crippen LogP contribution is -2.41. The molecule has 2 aromatic carbocycles. The van der Waals surface area contributed by atoms with Gasteiger partial charge in [-0.1, -0.05) is 35.4 Å². The quantitative estimate of drug-likeness (QED) is 0.571. The summed E-state index contributed by atoms with van der Waals surface area (Å²) in [5, 5.41) is 0. The van der Waals surface area contributed by atoms with E-state index in [0.29, 0.717) is 25.5 Å². The van der Waals surface area contributed by atoms with E-state index in [-0.39, 0.29) is 36.0 Å². The maximum atomic E-state index is 13.3. The van der Waals surface area contributed by atoms with Crippen molar-refractivity contribution in [1.82, 2.24) is 13.5 Å². The fourth-order valence-electron chi connectivity index (χ4n) is 3.61. The van der Waals surface area contributed by atoms with Crippen LogP contribution in [0.25, 0.3) is 0 Å². The second kappa shape index (κ2) is 10.6. The predicted molar refractivity (Wildman–Crippen MR) is 127 cm³/mol. The van der Waals surface area contributed by atoms with E-state index in [1.165, 1.54) is 8.61 Å². The van der Waals surface area contributed by atoms with Crippen LogP contribution in [0.5, 0.6) is 0 Å². The minimum absolute atomic E-state index is 0.0794. The SMILES string of the molecule is Cc1ccc(S(=O)(=O)N2CCN(CCCl)CCN(S(=O)(=O)c3ccc(C)cc3)CC2)cc1. The maximum absolute atomic E-state index is 13.3. The number of rotatable bonds is 6. The Balaban J connectivity index is 1.91. The van der Waals surface area contributed by atoms with Crippen LogP contribution in [0.3, 0.4) is 0 Å². The third-order valence-corrected chi connectivity index (χ3v) is 9.64. The summed E-state index contributed by atoms with van der Waals surface area (Å²) in [4.78, 5) is 2.42. The molecule has 1 fully saturated rings. The molecule has 0 radical (unpaired) electrons. The molecule has 0 unspecified atom stereocenters. The highest BCUT2D eigenvalue weighted by Gasteiger charge is 2.31. The molecule has 0 amide bonds. The molecule has 176 valence electrons. The molecule has 0 spiro atoms. The monoisotopic (exact) mass is 499 g/mol. The first-order chi connectivity index (χ1) is 15.1. The van der Waals surface area contributed by atoms with Crippen LogP contribution in [0.1, 0.15) is 11.1 Å². The van der Waals surface area contributed by atoms with Gasteiger partial charge in [0.25, 0.3) is 0 Å². The Morgan fingerprint density at radius 2 is 1.00 bits per heavy atom. The van der Waals surface area contributed by atoms with Crippen LogP contribution in [0.4, 0.5) is 0 Å². The van der Waals surface area contributed by atoms with Gasteiger partial charge in [-0.2, -0.15) is 8.61 Å². The number of benzene rings is 2. The molecule has 0 aromatic heterocycles. The minimum Gasteiger partial charge on any atom is -0.300 e. The van der Waals surface area contributed by atoms with Gasteiger partial charge in [0.1, 0.15) is 0 Å². The Labute approximate surface area is 196 Å². The van der Waals surface area contributed by atoms with Crippen LogP contribution in [0.2, 0.25) is 0 Å². The summed E-state index contributed by atoms with van der Waals surface area (Å²) in [5.41, 5.74) is 1.94. The van der Waals surface area contributed by atoms with Crippen LogP contribution in [-0.2, 0) is 20.0 Å². The van der Waals surface area contributed by atoms with Gasteiger partial charge in [-0.05, 0) is 38.1 Å². The number of aryl methyl sites for hydroxylation is 2. The number of hydrogen-bond donors (Lipinski definition) is 0. The van der Waals surface area contributed by atoms with E-state index in [9.17, 15) is 16.8 Å². The van der Waals surface area contributed by atoms with E-state index in [2.05, 4.69) is 0 Å². The zero-order valence-corrected chi connectivity index (χ0v) is 20.8. The summed E-state index contributed by atoms with van der Waals surface area (Å²) >= 11 is 5.94. The van der Waals surface area contributed by atoms with Crippen molar-refractivity contribution >= 4 is 31.6 Å². The molecule has 0 aliphatic carbocycles. The van der Waals surface area contributed by atoms with Crippen LogP contribution < -0.4 is 0 Å². The fraction of sp³-hybridized carbons (Fsp3) is 0.455. The standard InChI is InChI=1S/C22H30ClN3O4S2/c1-19-3-7-21(8-4-19)31(27,28)25-15-13-24(12-11-23)14-16-26(18-17-25)32(29,30)22-9-5-20(2)6-10-22/h3-10H,11-18H2,1-2H3. The Hall–Kier alpha value is -1.49. The lowest BCUT2D eigenvalue weighted by atomic mass is 10.2. The molecule has 10 heteroatoms. The van der Waals surface area contributed by atoms with E-state index >= 15 is 0 Å². The third-order valence-electron chi connectivity index (χ3n) is 5.65. The van der Waals surface area contributed by atoms with Gasteiger partial charge in [-0.3, -0.25) is 4.90 Å². The fourth-order valence-corrected chi connectivity index (χ4v) is 6.69. The van der Waals surface area contributed by atoms with E-state index in [1.54, 1.807) is 48.5 Å². The topological polar surface area (TPSA) is 78.0 Å². The molecule has 1 aliphatic rings. The van der Waals surface area contributed by atoms with Crippen molar-refractivity contribution in [3.8, 4) is 0 Å². The summed E-state index contributed by atoms with van der Waals surface area (Å²) in [6.45, 7) is 6.01. The number of nitrogens with zero attached hydrogens (tertiary/aromatic N) is 3. The minimum atomic E-state index is -3.76. The summed E-state index contributed by atoms with van der Waals surface area (Å²) in [6, 6.07) is 13.4. The molecule has 0 saturated carbocycles. The predicted octanol–water partition coefficient (Wildman–Crippen LogP) is 2.54. The first-order valence-corrected chi connectivity index (χ1v) is 14.0. The van der Waals surface area contributed by atoms with Crippen molar-refractivity contribution < 1.29 is 16.8 Å². The van der Waals surface area contributed by atoms with E-state index in [0.717, 1.165) is 11.1 Å². The Kier molecular flexibility index (Phi) is 8.35. The molecule has 1 saturated heterocycles. The highest BCUT2D eigenvalue weighted by Crippen LogP contribution is 2.20. The largest absolute Gasteiger partial charge is 0.300 e. The number of halogens is 1. The van der Waals surface area contributed by atoms with Crippen LogP contribution >= 0.6 is 11.6 Å². The summed E-state index contributed by atoms with van der Waals surface area (Å²) in [6.07, 6.45) is 0. The van der Waals surface area contributed by atoms with Gasteiger partial charge in [-0.25, -0.2) is 16.8 Å². The van der Waals surface area contributed by atoms with Crippen molar-refractivity contribution in [2.75, 3.05) is 51.7 Å². The zero-order chi connectivity index (χ0) is 23.4. The summed E-state index contributed by atoms with van der Waals surface area (Å²) in [7, 11) is -7.52. The van der Waals surface area contributed by atoms with E-state index in [4.69, 9.17) is 11.6 Å². The first kappa shape index (κ1) is 25.1. The Morgan fingerprint density at radius 1 is 0.656 bits per heavy atom. The second-order valence-electron chi connectivity index (χ2n) is 7.96. The summed E-state index contributed by atoms with van der Waals surface area (Å²) in [5.74, 6) is 0.384. The van der Waals surface area contributed by atoms with Crippen molar-refractivity contribution in [3.05, 3.63) is 59.7 Å². The average Bonchev–Trinajstić information content (AvgIpc) is 2.86. The van der Waals surface area contributed by atoms with Crippen LogP contribution in [0.15, 0.2) is 58.3 Å². The molecule has 3 rings (SSSR count). The molecule has 2 aromatic rings. The molecular formula is C22H30ClN3O4S2. The number of alkyl halides is 1. The van der Waals surface area contributed by atoms with Crippen molar-refractivity contribution in [2.45, 2.75) is 23.6 Å². The zero-order valence-electron chi connectivity index (χ0n) is 18.4. The van der Waals surface area contributed by atoms with Gasteiger partial charge in [0, 0.05) is 51.7 Å². The first-order valence-electron chi connectivity index (χ1n) is 10.6. The third kappa shape index (κ3) is 5.89. The summed E-state index contributed by atoms with van der Waals surface area (Å²) < 4.78 is 56.0. The lowest BCUT2D eigenvalue weighted by Gasteiger charge is -2.25. The van der Waals surface area contributed by atoms with Gasteiger partial charge in [0.05, 0.1) is 9.79 Å². The smallest absolute Gasteiger partial charge is 0.243 e. The normalized spacial score (nSPS) is 18.1. The average molecular weight is 500 g/mol. The molecule has 0 N–H and O–H groups in total. The molecule has 1 aliphatic heterocycles. The lowest BCUT2D eigenvalue weighted by molar-refractivity contribution is 0.267. The molecule has 0 atom stereocenters. The van der Waals surface area contributed by atoms with Gasteiger partial charge < -0.3 is 0 Å². The molecule has 7 nitrogen and oxygen atoms in total. The van der Waals surface area contributed by atoms with Crippen molar-refractivity contribution in [3.63, 3.8) is 0 Å².